The smallest absolute Gasteiger partial charge is 0.282 e. The van der Waals surface area contributed by atoms with Crippen LogP contribution >= 0.6 is 11.3 Å². The van der Waals surface area contributed by atoms with E-state index in [4.69, 9.17) is 4.74 Å². The van der Waals surface area contributed by atoms with Gasteiger partial charge in [-0.05, 0) is 43.5 Å². The molecule has 0 N–H and O–H groups in total. The summed E-state index contributed by atoms with van der Waals surface area (Å²) in [5, 5.41) is 0.613. The van der Waals surface area contributed by atoms with Gasteiger partial charge >= 0.3 is 0 Å². The van der Waals surface area contributed by atoms with E-state index in [1.54, 1.807) is 19.2 Å². The fourth-order valence-corrected chi connectivity index (χ4v) is 4.87. The molecule has 6 nitrogen and oxygen atoms in total. The van der Waals surface area contributed by atoms with Gasteiger partial charge in [0.25, 0.3) is 11.8 Å². The Kier molecular flexibility index (Phi) is 5.62. The van der Waals surface area contributed by atoms with Crippen molar-refractivity contribution >= 4 is 23.2 Å². The van der Waals surface area contributed by atoms with Crippen LogP contribution in [0.2, 0.25) is 0 Å². The molecule has 2 aliphatic heterocycles. The molecule has 148 valence electrons. The van der Waals surface area contributed by atoms with Crippen LogP contribution in [-0.2, 0) is 12.8 Å². The molecular formula is C21H25N3O3S. The van der Waals surface area contributed by atoms with Crippen molar-refractivity contribution in [2.24, 2.45) is 0 Å². The fourth-order valence-electron chi connectivity index (χ4n) is 3.81. The summed E-state index contributed by atoms with van der Waals surface area (Å²) < 4.78 is 5.16. The number of fused-ring (bicyclic) bond motifs is 1. The van der Waals surface area contributed by atoms with Crippen molar-refractivity contribution in [3.8, 4) is 5.75 Å². The third kappa shape index (κ3) is 3.90. The van der Waals surface area contributed by atoms with Crippen molar-refractivity contribution in [3.05, 3.63) is 45.4 Å². The lowest BCUT2D eigenvalue weighted by atomic mass is 10.1. The third-order valence-corrected chi connectivity index (χ3v) is 6.60. The average molecular weight is 400 g/mol. The molecule has 0 radical (unpaired) electrons. The van der Waals surface area contributed by atoms with Crippen LogP contribution in [-0.4, -0.2) is 59.9 Å². The molecule has 1 aromatic heterocycles. The van der Waals surface area contributed by atoms with E-state index in [1.807, 2.05) is 21.9 Å². The topological polar surface area (TPSA) is 62.7 Å². The molecule has 0 atom stereocenters. The normalized spacial score (nSPS) is 17.0. The zero-order valence-corrected chi connectivity index (χ0v) is 17.0. The number of ether oxygens (including phenoxy) is 1. The van der Waals surface area contributed by atoms with Crippen LogP contribution in [0.3, 0.4) is 0 Å². The lowest BCUT2D eigenvalue weighted by Crippen LogP contribution is -2.35. The quantitative estimate of drug-likeness (QED) is 0.796. The Bertz CT molecular complexity index is 831. The summed E-state index contributed by atoms with van der Waals surface area (Å²) >= 11 is 1.51. The van der Waals surface area contributed by atoms with Crippen molar-refractivity contribution in [1.82, 2.24) is 14.8 Å². The van der Waals surface area contributed by atoms with E-state index in [9.17, 15) is 9.59 Å². The summed E-state index contributed by atoms with van der Waals surface area (Å²) in [6.45, 7) is 2.96. The standard InChI is InChI=1S/C21H25N3O3S/c1-27-16-7-5-15(6-8-16)20(25)24-13-9-17-18(10-14-24)28-19(22-17)21(26)23-11-3-2-4-12-23/h5-8H,2-4,9-14H2,1H3. The zero-order valence-electron chi connectivity index (χ0n) is 16.1. The van der Waals surface area contributed by atoms with Crippen LogP contribution in [0.4, 0.5) is 0 Å². The molecule has 0 spiro atoms. The Balaban J connectivity index is 1.42. The van der Waals surface area contributed by atoms with E-state index < -0.39 is 0 Å². The Morgan fingerprint density at radius 1 is 0.929 bits per heavy atom. The molecule has 3 heterocycles. The van der Waals surface area contributed by atoms with Gasteiger partial charge in [0.2, 0.25) is 0 Å². The summed E-state index contributed by atoms with van der Waals surface area (Å²) in [4.78, 5) is 35.1. The summed E-state index contributed by atoms with van der Waals surface area (Å²) in [5.74, 6) is 0.844. The Morgan fingerprint density at radius 3 is 2.32 bits per heavy atom. The van der Waals surface area contributed by atoms with Crippen molar-refractivity contribution in [3.63, 3.8) is 0 Å². The molecule has 28 heavy (non-hydrogen) atoms. The molecule has 1 aromatic carbocycles. The number of amides is 2. The van der Waals surface area contributed by atoms with E-state index in [-0.39, 0.29) is 11.8 Å². The Labute approximate surface area is 169 Å². The number of thiazole rings is 1. The summed E-state index contributed by atoms with van der Waals surface area (Å²) in [7, 11) is 1.61. The zero-order chi connectivity index (χ0) is 19.5. The van der Waals surface area contributed by atoms with Gasteiger partial charge in [-0.3, -0.25) is 9.59 Å². The highest BCUT2D eigenvalue weighted by Gasteiger charge is 2.26. The molecule has 0 unspecified atom stereocenters. The first-order valence-corrected chi connectivity index (χ1v) is 10.7. The number of carbonyl (C=O) groups is 2. The number of carbonyl (C=O) groups excluding carboxylic acids is 2. The number of hydrogen-bond acceptors (Lipinski definition) is 5. The molecule has 0 bridgehead atoms. The van der Waals surface area contributed by atoms with Gasteiger partial charge < -0.3 is 14.5 Å². The Morgan fingerprint density at radius 2 is 1.61 bits per heavy atom. The largest absolute Gasteiger partial charge is 0.497 e. The van der Waals surface area contributed by atoms with Crippen LogP contribution < -0.4 is 4.74 Å². The number of hydrogen-bond donors (Lipinski definition) is 0. The van der Waals surface area contributed by atoms with Crippen LogP contribution in [0.5, 0.6) is 5.75 Å². The van der Waals surface area contributed by atoms with E-state index in [1.165, 1.54) is 17.8 Å². The van der Waals surface area contributed by atoms with E-state index in [2.05, 4.69) is 4.98 Å². The summed E-state index contributed by atoms with van der Waals surface area (Å²) in [6, 6.07) is 7.22. The number of likely N-dealkylation sites (tertiary alicyclic amines) is 1. The van der Waals surface area contributed by atoms with Gasteiger partial charge in [0.1, 0.15) is 5.75 Å². The van der Waals surface area contributed by atoms with Crippen LogP contribution in [0, 0.1) is 0 Å². The SMILES string of the molecule is COc1ccc(C(=O)N2CCc3nc(C(=O)N4CCCCC4)sc3CC2)cc1. The highest BCUT2D eigenvalue weighted by molar-refractivity contribution is 7.13. The molecule has 2 amide bonds. The first kappa shape index (κ1) is 18.9. The highest BCUT2D eigenvalue weighted by Crippen LogP contribution is 2.25. The minimum absolute atomic E-state index is 0.0300. The maximum absolute atomic E-state index is 12.8. The van der Waals surface area contributed by atoms with Crippen molar-refractivity contribution in [2.75, 3.05) is 33.3 Å². The van der Waals surface area contributed by atoms with Crippen molar-refractivity contribution < 1.29 is 14.3 Å². The molecular weight excluding hydrogens is 374 g/mol. The second kappa shape index (κ2) is 8.31. The number of nitrogens with zero attached hydrogens (tertiary/aromatic N) is 3. The Hall–Kier alpha value is -2.41. The second-order valence-corrected chi connectivity index (χ2v) is 8.35. The number of aromatic nitrogens is 1. The predicted octanol–water partition coefficient (Wildman–Crippen LogP) is 3.02. The number of benzene rings is 1. The van der Waals surface area contributed by atoms with Gasteiger partial charge in [-0.25, -0.2) is 4.98 Å². The molecule has 4 rings (SSSR count). The minimum atomic E-state index is 0.0300. The van der Waals surface area contributed by atoms with Crippen molar-refractivity contribution in [2.45, 2.75) is 32.1 Å². The third-order valence-electron chi connectivity index (χ3n) is 5.46. The van der Waals surface area contributed by atoms with E-state index in [0.29, 0.717) is 30.1 Å². The minimum Gasteiger partial charge on any atom is -0.497 e. The maximum atomic E-state index is 12.8. The van der Waals surface area contributed by atoms with Gasteiger partial charge in [0.15, 0.2) is 5.01 Å². The monoisotopic (exact) mass is 399 g/mol. The average Bonchev–Trinajstić information content (AvgIpc) is 3.06. The first-order chi connectivity index (χ1) is 13.7. The van der Waals surface area contributed by atoms with Crippen molar-refractivity contribution in [1.29, 1.82) is 0 Å². The molecule has 2 aliphatic rings. The maximum Gasteiger partial charge on any atom is 0.282 e. The molecule has 0 saturated carbocycles. The molecule has 0 aliphatic carbocycles. The fraction of sp³-hybridized carbons (Fsp3) is 0.476. The van der Waals surface area contributed by atoms with Crippen LogP contribution in [0.1, 0.15) is 50.0 Å². The second-order valence-electron chi connectivity index (χ2n) is 7.26. The molecule has 7 heteroatoms. The summed E-state index contributed by atoms with van der Waals surface area (Å²) in [5.41, 5.74) is 1.65. The molecule has 1 fully saturated rings. The van der Waals surface area contributed by atoms with Gasteiger partial charge in [0.05, 0.1) is 12.8 Å². The van der Waals surface area contributed by atoms with Gasteiger partial charge in [-0.15, -0.1) is 11.3 Å². The van der Waals surface area contributed by atoms with Crippen LogP contribution in [0.15, 0.2) is 24.3 Å². The first-order valence-electron chi connectivity index (χ1n) is 9.87. The number of piperidine rings is 1. The highest BCUT2D eigenvalue weighted by atomic mass is 32.1. The molecule has 1 saturated heterocycles. The molecule has 2 aromatic rings. The van der Waals surface area contributed by atoms with Gasteiger partial charge in [-0.1, -0.05) is 0 Å². The lowest BCUT2D eigenvalue weighted by Gasteiger charge is -2.25. The number of rotatable bonds is 3. The van der Waals surface area contributed by atoms with E-state index >= 15 is 0 Å². The van der Waals surface area contributed by atoms with Gasteiger partial charge in [-0.2, -0.15) is 0 Å². The van der Waals surface area contributed by atoms with Gasteiger partial charge in [0, 0.05) is 49.5 Å². The number of methoxy groups -OCH3 is 1. The van der Waals surface area contributed by atoms with E-state index in [0.717, 1.165) is 48.7 Å². The summed E-state index contributed by atoms with van der Waals surface area (Å²) in [6.07, 6.45) is 4.82. The predicted molar refractivity (Wildman–Crippen MR) is 108 cm³/mol. The lowest BCUT2D eigenvalue weighted by molar-refractivity contribution is 0.0721. The van der Waals surface area contributed by atoms with Crippen LogP contribution in [0.25, 0.3) is 0 Å².